The molecule has 19 heavy (non-hydrogen) atoms. The van der Waals surface area contributed by atoms with Crippen molar-refractivity contribution in [1.82, 2.24) is 4.90 Å². The Hall–Kier alpha value is -2.08. The number of amides is 1. The molecule has 2 atom stereocenters. The van der Waals surface area contributed by atoms with Gasteiger partial charge < -0.3 is 20.4 Å². The van der Waals surface area contributed by atoms with Crippen LogP contribution in [0.15, 0.2) is 30.3 Å². The van der Waals surface area contributed by atoms with Crippen LogP contribution in [-0.4, -0.2) is 52.2 Å². The molecule has 1 aromatic carbocycles. The van der Waals surface area contributed by atoms with Crippen LogP contribution < -0.4 is 5.32 Å². The van der Waals surface area contributed by atoms with Crippen molar-refractivity contribution in [2.75, 3.05) is 18.4 Å². The number of anilines is 1. The zero-order valence-electron chi connectivity index (χ0n) is 10.3. The van der Waals surface area contributed by atoms with E-state index in [2.05, 4.69) is 5.32 Å². The molecule has 1 fully saturated rings. The largest absolute Gasteiger partial charge is 0.480 e. The van der Waals surface area contributed by atoms with Crippen LogP contribution in [0.25, 0.3) is 0 Å². The molecule has 1 aromatic rings. The summed E-state index contributed by atoms with van der Waals surface area (Å²) in [5.41, 5.74) is 0.794. The van der Waals surface area contributed by atoms with Gasteiger partial charge in [0.15, 0.2) is 0 Å². The van der Waals surface area contributed by atoms with Gasteiger partial charge in [0.2, 0.25) is 5.91 Å². The number of aliphatic hydroxyl groups excluding tert-OH is 1. The molecule has 6 heteroatoms. The molecule has 1 saturated heterocycles. The number of carbonyl (C=O) groups is 2. The summed E-state index contributed by atoms with van der Waals surface area (Å²) in [6.45, 7) is 0.0901. The number of carboxylic acids is 1. The molecule has 1 aliphatic rings. The fraction of sp³-hybridized carbons (Fsp3) is 0.385. The predicted molar refractivity (Wildman–Crippen MR) is 68.7 cm³/mol. The van der Waals surface area contributed by atoms with Crippen LogP contribution in [0.4, 0.5) is 5.69 Å². The Bertz CT molecular complexity index is 463. The van der Waals surface area contributed by atoms with Gasteiger partial charge in [-0.3, -0.25) is 4.79 Å². The van der Waals surface area contributed by atoms with Crippen molar-refractivity contribution in [1.29, 1.82) is 0 Å². The monoisotopic (exact) mass is 264 g/mol. The molecule has 2 rings (SSSR count). The maximum absolute atomic E-state index is 12.0. The molecule has 0 aliphatic carbocycles. The Morgan fingerprint density at radius 3 is 2.63 bits per heavy atom. The van der Waals surface area contributed by atoms with Crippen molar-refractivity contribution in [3.63, 3.8) is 0 Å². The molecule has 1 aliphatic heterocycles. The van der Waals surface area contributed by atoms with Gasteiger partial charge >= 0.3 is 5.97 Å². The van der Waals surface area contributed by atoms with Crippen LogP contribution >= 0.6 is 0 Å². The first-order valence-electron chi connectivity index (χ1n) is 6.07. The topological polar surface area (TPSA) is 89.9 Å². The Balaban J connectivity index is 1.94. The van der Waals surface area contributed by atoms with Gasteiger partial charge in [-0.15, -0.1) is 0 Å². The number of aliphatic carboxylic acids is 1. The number of aliphatic hydroxyl groups is 1. The van der Waals surface area contributed by atoms with E-state index in [0.29, 0.717) is 0 Å². The lowest BCUT2D eigenvalue weighted by Crippen LogP contribution is -2.43. The average Bonchev–Trinajstić information content (AvgIpc) is 2.79. The maximum atomic E-state index is 12.0. The van der Waals surface area contributed by atoms with Crippen LogP contribution in [0.3, 0.4) is 0 Å². The van der Waals surface area contributed by atoms with Crippen LogP contribution in [0.2, 0.25) is 0 Å². The number of carboxylic acid groups (broad SMARTS) is 1. The summed E-state index contributed by atoms with van der Waals surface area (Å²) < 4.78 is 0. The molecule has 3 N–H and O–H groups in total. The molecular weight excluding hydrogens is 248 g/mol. The number of hydrogen-bond acceptors (Lipinski definition) is 4. The van der Waals surface area contributed by atoms with Gasteiger partial charge in [0.05, 0.1) is 12.6 Å². The van der Waals surface area contributed by atoms with Crippen LogP contribution in [0, 0.1) is 0 Å². The Morgan fingerprint density at radius 1 is 1.32 bits per heavy atom. The third-order valence-electron chi connectivity index (χ3n) is 3.10. The van der Waals surface area contributed by atoms with Crippen LogP contribution in [0.1, 0.15) is 6.42 Å². The molecule has 0 spiro atoms. The molecule has 0 radical (unpaired) electrons. The fourth-order valence-corrected chi connectivity index (χ4v) is 2.16. The maximum Gasteiger partial charge on any atom is 0.326 e. The molecule has 102 valence electrons. The lowest BCUT2D eigenvalue weighted by atomic mass is 10.2. The van der Waals surface area contributed by atoms with E-state index in [-0.39, 0.29) is 25.4 Å². The molecule has 0 unspecified atom stereocenters. The minimum absolute atomic E-state index is 0.0144. The Kier molecular flexibility index (Phi) is 4.01. The van der Waals surface area contributed by atoms with Crippen molar-refractivity contribution >= 4 is 17.6 Å². The molecule has 0 aromatic heterocycles. The molecule has 1 amide bonds. The van der Waals surface area contributed by atoms with E-state index in [9.17, 15) is 14.7 Å². The van der Waals surface area contributed by atoms with E-state index < -0.39 is 18.1 Å². The lowest BCUT2D eigenvalue weighted by molar-refractivity contribution is -0.147. The Morgan fingerprint density at radius 2 is 2.00 bits per heavy atom. The second kappa shape index (κ2) is 5.71. The number of carbonyl (C=O) groups excluding carboxylic acids is 1. The number of likely N-dealkylation sites (tertiary alicyclic amines) is 1. The summed E-state index contributed by atoms with van der Waals surface area (Å²) in [5, 5.41) is 21.4. The van der Waals surface area contributed by atoms with Gasteiger partial charge in [-0.1, -0.05) is 18.2 Å². The highest BCUT2D eigenvalue weighted by Gasteiger charge is 2.38. The fourth-order valence-electron chi connectivity index (χ4n) is 2.16. The molecule has 6 nitrogen and oxygen atoms in total. The molecule has 0 bridgehead atoms. The first-order chi connectivity index (χ1) is 9.08. The van der Waals surface area contributed by atoms with Crippen molar-refractivity contribution in [3.05, 3.63) is 30.3 Å². The van der Waals surface area contributed by atoms with Gasteiger partial charge in [-0.05, 0) is 12.1 Å². The minimum Gasteiger partial charge on any atom is -0.480 e. The van der Waals surface area contributed by atoms with E-state index in [1.807, 2.05) is 30.3 Å². The predicted octanol–water partition coefficient (Wildman–Crippen LogP) is 0.145. The second-order valence-corrected chi connectivity index (χ2v) is 4.51. The summed E-state index contributed by atoms with van der Waals surface area (Å²) in [7, 11) is 0. The molecule has 0 saturated carbocycles. The smallest absolute Gasteiger partial charge is 0.326 e. The summed E-state index contributed by atoms with van der Waals surface area (Å²) >= 11 is 0. The molecular formula is C13H16N2O4. The van der Waals surface area contributed by atoms with Crippen molar-refractivity contribution < 1.29 is 19.8 Å². The third kappa shape index (κ3) is 3.23. The minimum atomic E-state index is -1.08. The summed E-state index contributed by atoms with van der Waals surface area (Å²) in [5.74, 6) is -1.41. The highest BCUT2D eigenvalue weighted by molar-refractivity contribution is 5.87. The number of benzene rings is 1. The number of rotatable bonds is 4. The van der Waals surface area contributed by atoms with Crippen LogP contribution in [-0.2, 0) is 9.59 Å². The number of hydrogen-bond donors (Lipinski definition) is 3. The summed E-state index contributed by atoms with van der Waals surface area (Å²) in [6, 6.07) is 8.25. The van der Waals surface area contributed by atoms with Gasteiger partial charge in [0.1, 0.15) is 6.04 Å². The van der Waals surface area contributed by atoms with Crippen molar-refractivity contribution in [2.45, 2.75) is 18.6 Å². The van der Waals surface area contributed by atoms with Gasteiger partial charge in [0, 0.05) is 18.7 Å². The zero-order valence-corrected chi connectivity index (χ0v) is 10.3. The lowest BCUT2D eigenvalue weighted by Gasteiger charge is -2.21. The normalized spacial score (nSPS) is 22.3. The number of nitrogens with one attached hydrogen (secondary N) is 1. The number of β-amino-alcohol motifs (C(OH)–C–C–N with tert-alkyl or cyclic N) is 1. The van der Waals surface area contributed by atoms with E-state index in [1.54, 1.807) is 0 Å². The Labute approximate surface area is 110 Å². The highest BCUT2D eigenvalue weighted by Crippen LogP contribution is 2.18. The van der Waals surface area contributed by atoms with E-state index >= 15 is 0 Å². The van der Waals surface area contributed by atoms with Gasteiger partial charge in [-0.2, -0.15) is 0 Å². The van der Waals surface area contributed by atoms with Gasteiger partial charge in [-0.25, -0.2) is 4.79 Å². The SMILES string of the molecule is O=C(O)[C@@H]1C[C@@H](O)CN1C(=O)CNc1ccccc1. The van der Waals surface area contributed by atoms with E-state index in [0.717, 1.165) is 5.69 Å². The van der Waals surface area contributed by atoms with E-state index in [1.165, 1.54) is 4.90 Å². The zero-order chi connectivity index (χ0) is 13.8. The number of para-hydroxylation sites is 1. The third-order valence-corrected chi connectivity index (χ3v) is 3.10. The quantitative estimate of drug-likeness (QED) is 0.720. The first kappa shape index (κ1) is 13.4. The van der Waals surface area contributed by atoms with Crippen molar-refractivity contribution in [2.24, 2.45) is 0 Å². The van der Waals surface area contributed by atoms with E-state index in [4.69, 9.17) is 5.11 Å². The first-order valence-corrected chi connectivity index (χ1v) is 6.07. The summed E-state index contributed by atoms with van der Waals surface area (Å²) in [6.07, 6.45) is -0.673. The van der Waals surface area contributed by atoms with Crippen LogP contribution in [0.5, 0.6) is 0 Å². The summed E-state index contributed by atoms with van der Waals surface area (Å²) in [4.78, 5) is 24.2. The standard InChI is InChI=1S/C13H16N2O4/c16-10-6-11(13(18)19)15(8-10)12(17)7-14-9-4-2-1-3-5-9/h1-5,10-11,14,16H,6-8H2,(H,18,19)/t10-,11+/m1/s1. The highest BCUT2D eigenvalue weighted by atomic mass is 16.4. The van der Waals surface area contributed by atoms with Crippen molar-refractivity contribution in [3.8, 4) is 0 Å². The van der Waals surface area contributed by atoms with Gasteiger partial charge in [0.25, 0.3) is 0 Å². The average molecular weight is 264 g/mol. The molecule has 1 heterocycles. The second-order valence-electron chi connectivity index (χ2n) is 4.51. The number of nitrogens with zero attached hydrogens (tertiary/aromatic N) is 1.